The van der Waals surface area contributed by atoms with Crippen LogP contribution in [0, 0.1) is 0 Å². The monoisotopic (exact) mass is 158 g/mol. The number of piperidine rings is 1. The summed E-state index contributed by atoms with van der Waals surface area (Å²) in [5.74, 6) is 0. The SMILES string of the molecule is CN1CCCC(NCCO)C1. The number of rotatable bonds is 3. The first-order chi connectivity index (χ1) is 5.33. The van der Waals surface area contributed by atoms with Gasteiger partial charge in [0.05, 0.1) is 6.61 Å². The molecule has 0 saturated carbocycles. The minimum Gasteiger partial charge on any atom is -0.395 e. The summed E-state index contributed by atoms with van der Waals surface area (Å²) in [5, 5.41) is 11.9. The van der Waals surface area contributed by atoms with Gasteiger partial charge in [0.15, 0.2) is 0 Å². The van der Waals surface area contributed by atoms with Crippen molar-refractivity contribution in [3.05, 3.63) is 0 Å². The molecule has 11 heavy (non-hydrogen) atoms. The quantitative estimate of drug-likeness (QED) is 0.590. The fraction of sp³-hybridized carbons (Fsp3) is 1.00. The van der Waals surface area contributed by atoms with Crippen molar-refractivity contribution in [1.82, 2.24) is 10.2 Å². The zero-order valence-electron chi connectivity index (χ0n) is 7.21. The molecular formula is C8H18N2O. The molecule has 1 saturated heterocycles. The Morgan fingerprint density at radius 3 is 3.09 bits per heavy atom. The van der Waals surface area contributed by atoms with Crippen molar-refractivity contribution in [2.75, 3.05) is 33.3 Å². The Hall–Kier alpha value is -0.120. The Kier molecular flexibility index (Phi) is 3.83. The summed E-state index contributed by atoms with van der Waals surface area (Å²) in [4.78, 5) is 2.33. The van der Waals surface area contributed by atoms with Crippen LogP contribution in [0.4, 0.5) is 0 Å². The van der Waals surface area contributed by atoms with Crippen molar-refractivity contribution >= 4 is 0 Å². The third-order valence-corrected chi connectivity index (χ3v) is 2.17. The second-order valence-electron chi connectivity index (χ2n) is 3.28. The number of hydrogen-bond donors (Lipinski definition) is 2. The van der Waals surface area contributed by atoms with Gasteiger partial charge in [-0.2, -0.15) is 0 Å². The minimum atomic E-state index is 0.250. The molecular weight excluding hydrogens is 140 g/mol. The van der Waals surface area contributed by atoms with E-state index in [1.54, 1.807) is 0 Å². The zero-order valence-corrected chi connectivity index (χ0v) is 7.21. The number of likely N-dealkylation sites (N-methyl/N-ethyl adjacent to an activating group) is 1. The molecule has 0 aromatic rings. The van der Waals surface area contributed by atoms with Crippen molar-refractivity contribution in [1.29, 1.82) is 0 Å². The van der Waals surface area contributed by atoms with E-state index in [-0.39, 0.29) is 6.61 Å². The summed E-state index contributed by atoms with van der Waals surface area (Å²) in [6, 6.07) is 0.598. The van der Waals surface area contributed by atoms with Crippen LogP contribution in [0.5, 0.6) is 0 Å². The molecule has 1 atom stereocenters. The average molecular weight is 158 g/mol. The maximum Gasteiger partial charge on any atom is 0.0556 e. The van der Waals surface area contributed by atoms with E-state index >= 15 is 0 Å². The van der Waals surface area contributed by atoms with Crippen LogP contribution in [-0.4, -0.2) is 49.3 Å². The van der Waals surface area contributed by atoms with E-state index in [0.717, 1.165) is 13.1 Å². The summed E-state index contributed by atoms with van der Waals surface area (Å²) < 4.78 is 0. The molecule has 1 unspecified atom stereocenters. The van der Waals surface area contributed by atoms with Gasteiger partial charge in [0.25, 0.3) is 0 Å². The standard InChI is InChI=1S/C8H18N2O/c1-10-5-2-3-8(7-10)9-4-6-11/h8-9,11H,2-7H2,1H3. The van der Waals surface area contributed by atoms with Gasteiger partial charge in [-0.15, -0.1) is 0 Å². The molecule has 3 nitrogen and oxygen atoms in total. The van der Waals surface area contributed by atoms with Gasteiger partial charge in [0.2, 0.25) is 0 Å². The van der Waals surface area contributed by atoms with Crippen LogP contribution in [0.3, 0.4) is 0 Å². The Morgan fingerprint density at radius 2 is 2.45 bits per heavy atom. The normalized spacial score (nSPS) is 27.3. The highest BCUT2D eigenvalue weighted by Gasteiger charge is 2.15. The van der Waals surface area contributed by atoms with Gasteiger partial charge in [-0.05, 0) is 26.4 Å². The molecule has 0 aliphatic carbocycles. The first-order valence-corrected chi connectivity index (χ1v) is 4.35. The van der Waals surface area contributed by atoms with Crippen LogP contribution in [0.1, 0.15) is 12.8 Å². The minimum absolute atomic E-state index is 0.250. The molecule has 0 bridgehead atoms. The van der Waals surface area contributed by atoms with Gasteiger partial charge in [-0.1, -0.05) is 0 Å². The van der Waals surface area contributed by atoms with Crippen LogP contribution < -0.4 is 5.32 Å². The van der Waals surface area contributed by atoms with E-state index in [4.69, 9.17) is 5.11 Å². The number of nitrogens with zero attached hydrogens (tertiary/aromatic N) is 1. The summed E-state index contributed by atoms with van der Waals surface area (Å²) in [5.41, 5.74) is 0. The topological polar surface area (TPSA) is 35.5 Å². The van der Waals surface area contributed by atoms with Gasteiger partial charge in [0.1, 0.15) is 0 Å². The van der Waals surface area contributed by atoms with Crippen LogP contribution in [0.15, 0.2) is 0 Å². The van der Waals surface area contributed by atoms with E-state index in [0.29, 0.717) is 6.04 Å². The predicted octanol–water partition coefficient (Wildman–Crippen LogP) is -0.338. The smallest absolute Gasteiger partial charge is 0.0556 e. The van der Waals surface area contributed by atoms with Crippen molar-refractivity contribution in [3.63, 3.8) is 0 Å². The number of aliphatic hydroxyl groups is 1. The van der Waals surface area contributed by atoms with E-state index in [2.05, 4.69) is 17.3 Å². The lowest BCUT2D eigenvalue weighted by Gasteiger charge is -2.30. The Bertz CT molecular complexity index is 108. The van der Waals surface area contributed by atoms with Crippen molar-refractivity contribution < 1.29 is 5.11 Å². The largest absolute Gasteiger partial charge is 0.395 e. The number of likely N-dealkylation sites (tertiary alicyclic amines) is 1. The van der Waals surface area contributed by atoms with Crippen LogP contribution in [-0.2, 0) is 0 Å². The van der Waals surface area contributed by atoms with E-state index < -0.39 is 0 Å². The highest BCUT2D eigenvalue weighted by Crippen LogP contribution is 2.06. The van der Waals surface area contributed by atoms with Gasteiger partial charge < -0.3 is 15.3 Å². The zero-order chi connectivity index (χ0) is 8.10. The maximum atomic E-state index is 8.59. The molecule has 66 valence electrons. The van der Waals surface area contributed by atoms with E-state index in [9.17, 15) is 0 Å². The molecule has 3 heteroatoms. The molecule has 2 N–H and O–H groups in total. The number of aliphatic hydroxyl groups excluding tert-OH is 1. The van der Waals surface area contributed by atoms with Gasteiger partial charge in [-0.25, -0.2) is 0 Å². The predicted molar refractivity (Wildman–Crippen MR) is 45.6 cm³/mol. The van der Waals surface area contributed by atoms with Crippen molar-refractivity contribution in [2.45, 2.75) is 18.9 Å². The molecule has 1 fully saturated rings. The molecule has 0 aromatic heterocycles. The van der Waals surface area contributed by atoms with Crippen LogP contribution >= 0.6 is 0 Å². The van der Waals surface area contributed by atoms with Crippen LogP contribution in [0.25, 0.3) is 0 Å². The second kappa shape index (κ2) is 4.70. The fourth-order valence-corrected chi connectivity index (χ4v) is 1.60. The lowest BCUT2D eigenvalue weighted by molar-refractivity contribution is 0.213. The summed E-state index contributed by atoms with van der Waals surface area (Å²) in [6.45, 7) is 3.33. The van der Waals surface area contributed by atoms with Crippen molar-refractivity contribution in [2.24, 2.45) is 0 Å². The third kappa shape index (κ3) is 3.18. The van der Waals surface area contributed by atoms with E-state index in [1.807, 2.05) is 0 Å². The van der Waals surface area contributed by atoms with Gasteiger partial charge in [0, 0.05) is 19.1 Å². The van der Waals surface area contributed by atoms with Crippen molar-refractivity contribution in [3.8, 4) is 0 Å². The Labute approximate surface area is 68.4 Å². The lowest BCUT2D eigenvalue weighted by atomic mass is 10.1. The molecule has 0 spiro atoms. The number of hydrogen-bond acceptors (Lipinski definition) is 3. The molecule has 0 amide bonds. The fourth-order valence-electron chi connectivity index (χ4n) is 1.60. The number of nitrogens with one attached hydrogen (secondary N) is 1. The summed E-state index contributed by atoms with van der Waals surface area (Å²) in [6.07, 6.45) is 2.53. The maximum absolute atomic E-state index is 8.59. The van der Waals surface area contributed by atoms with E-state index in [1.165, 1.54) is 19.4 Å². The third-order valence-electron chi connectivity index (χ3n) is 2.17. The summed E-state index contributed by atoms with van der Waals surface area (Å²) >= 11 is 0. The van der Waals surface area contributed by atoms with Crippen LogP contribution in [0.2, 0.25) is 0 Å². The van der Waals surface area contributed by atoms with Gasteiger partial charge >= 0.3 is 0 Å². The molecule has 1 aliphatic rings. The first-order valence-electron chi connectivity index (χ1n) is 4.35. The molecule has 1 heterocycles. The second-order valence-corrected chi connectivity index (χ2v) is 3.28. The molecule has 0 radical (unpaired) electrons. The molecule has 1 rings (SSSR count). The Morgan fingerprint density at radius 1 is 1.64 bits per heavy atom. The van der Waals surface area contributed by atoms with Gasteiger partial charge in [-0.3, -0.25) is 0 Å². The lowest BCUT2D eigenvalue weighted by Crippen LogP contribution is -2.44. The summed E-state index contributed by atoms with van der Waals surface area (Å²) in [7, 11) is 2.15. The Balaban J connectivity index is 2.12. The highest BCUT2D eigenvalue weighted by molar-refractivity contribution is 4.75. The average Bonchev–Trinajstić information content (AvgIpc) is 2.01. The molecule has 1 aliphatic heterocycles. The highest BCUT2D eigenvalue weighted by atomic mass is 16.3. The first kappa shape index (κ1) is 8.97. The molecule has 0 aromatic carbocycles.